The van der Waals surface area contributed by atoms with Crippen molar-refractivity contribution in [1.29, 1.82) is 0 Å². The number of hydrogen-bond acceptors (Lipinski definition) is 7. The van der Waals surface area contributed by atoms with Gasteiger partial charge >= 0.3 is 11.6 Å². The molecule has 4 heterocycles. The van der Waals surface area contributed by atoms with Crippen molar-refractivity contribution in [1.82, 2.24) is 4.90 Å². The van der Waals surface area contributed by atoms with Crippen LogP contribution in [-0.4, -0.2) is 63.5 Å². The highest BCUT2D eigenvalue weighted by Gasteiger charge is 2.58. The highest BCUT2D eigenvalue weighted by atomic mass is 16.5. The molecule has 6 rings (SSSR count). The number of carbonyl (C=O) groups is 1. The Balaban J connectivity index is 1.61. The summed E-state index contributed by atoms with van der Waals surface area (Å²) >= 11 is 0. The van der Waals surface area contributed by atoms with E-state index in [-0.39, 0.29) is 17.8 Å². The van der Waals surface area contributed by atoms with Crippen LogP contribution in [0.5, 0.6) is 0 Å². The first-order chi connectivity index (χ1) is 16.6. The number of methoxy groups -OCH3 is 1. The van der Waals surface area contributed by atoms with Gasteiger partial charge in [0.05, 0.1) is 25.9 Å². The lowest BCUT2D eigenvalue weighted by Crippen LogP contribution is -2.58. The van der Waals surface area contributed by atoms with Crippen LogP contribution in [0.25, 0.3) is 17.0 Å². The molecule has 4 aliphatic rings. The standard InChI is InChI=1S/C27H31NO6/c1-31-26(30)19-14-18-24(17-6-2-3-7-23(17)34-25(18)29)21-16-33-13-9-27(19,21)20-15-32-12-8-22(20)28-10-4-5-11-28/h2-3,6-7,14,20-22H,4-5,8-13,15-16H2,1H3/t20-,21-,22-,27+/m1/s1. The van der Waals surface area contributed by atoms with E-state index in [1.165, 1.54) is 20.0 Å². The molecule has 7 heteroatoms. The fourth-order valence-corrected chi connectivity index (χ4v) is 7.14. The van der Waals surface area contributed by atoms with E-state index in [0.717, 1.165) is 37.1 Å². The van der Waals surface area contributed by atoms with Crippen LogP contribution in [0.2, 0.25) is 0 Å². The first kappa shape index (κ1) is 22.0. The van der Waals surface area contributed by atoms with E-state index in [1.807, 2.05) is 24.3 Å². The van der Waals surface area contributed by atoms with Crippen molar-refractivity contribution in [3.8, 4) is 0 Å². The van der Waals surface area contributed by atoms with Gasteiger partial charge in [-0.1, -0.05) is 18.2 Å². The van der Waals surface area contributed by atoms with Gasteiger partial charge in [-0.25, -0.2) is 9.59 Å². The number of ether oxygens (including phenoxy) is 3. The molecule has 4 atom stereocenters. The van der Waals surface area contributed by atoms with Gasteiger partial charge in [0.1, 0.15) is 5.58 Å². The Morgan fingerprint density at radius 2 is 1.91 bits per heavy atom. The summed E-state index contributed by atoms with van der Waals surface area (Å²) in [5, 5.41) is 0.909. The number of esters is 1. The summed E-state index contributed by atoms with van der Waals surface area (Å²) in [5.41, 5.74) is 1.55. The van der Waals surface area contributed by atoms with Crippen LogP contribution in [0.4, 0.5) is 0 Å². The highest BCUT2D eigenvalue weighted by molar-refractivity contribution is 5.98. The molecule has 3 saturated heterocycles. The van der Waals surface area contributed by atoms with Crippen molar-refractivity contribution in [3.05, 3.63) is 51.4 Å². The van der Waals surface area contributed by atoms with Crippen LogP contribution in [0.3, 0.4) is 0 Å². The minimum Gasteiger partial charge on any atom is -0.466 e. The molecule has 1 aromatic carbocycles. The summed E-state index contributed by atoms with van der Waals surface area (Å²) in [6, 6.07) is 7.99. The zero-order valence-electron chi connectivity index (χ0n) is 19.6. The van der Waals surface area contributed by atoms with Gasteiger partial charge < -0.3 is 18.6 Å². The van der Waals surface area contributed by atoms with Crippen LogP contribution in [0.1, 0.15) is 42.7 Å². The number of carbonyl (C=O) groups excluding carboxylic acids is 1. The van der Waals surface area contributed by atoms with E-state index >= 15 is 0 Å². The summed E-state index contributed by atoms with van der Waals surface area (Å²) in [4.78, 5) is 29.1. The zero-order chi connectivity index (χ0) is 23.3. The lowest BCUT2D eigenvalue weighted by molar-refractivity contribution is -0.143. The van der Waals surface area contributed by atoms with Crippen LogP contribution in [-0.2, 0) is 19.0 Å². The maximum atomic E-state index is 13.4. The molecule has 0 saturated carbocycles. The summed E-state index contributed by atoms with van der Waals surface area (Å²) in [6.07, 6.45) is 5.80. The van der Waals surface area contributed by atoms with Crippen molar-refractivity contribution in [2.75, 3.05) is 46.6 Å². The minimum absolute atomic E-state index is 0.0951. The number of hydrogen-bond donors (Lipinski definition) is 0. The Morgan fingerprint density at radius 3 is 2.74 bits per heavy atom. The van der Waals surface area contributed by atoms with Gasteiger partial charge in [0, 0.05) is 47.5 Å². The third-order valence-electron chi connectivity index (χ3n) is 8.59. The van der Waals surface area contributed by atoms with E-state index in [4.69, 9.17) is 18.6 Å². The molecule has 3 aliphatic heterocycles. The largest absolute Gasteiger partial charge is 0.466 e. The lowest BCUT2D eigenvalue weighted by atomic mass is 9.53. The molecule has 0 N–H and O–H groups in total. The number of fused-ring (bicyclic) bond motifs is 5. The second kappa shape index (κ2) is 8.63. The number of likely N-dealkylation sites (tertiary alicyclic amines) is 1. The average molecular weight is 466 g/mol. The Bertz CT molecular complexity index is 1200. The third kappa shape index (κ3) is 3.21. The van der Waals surface area contributed by atoms with Crippen molar-refractivity contribution >= 4 is 23.0 Å². The molecule has 0 amide bonds. The van der Waals surface area contributed by atoms with Crippen LogP contribution in [0.15, 0.2) is 39.1 Å². The van der Waals surface area contributed by atoms with E-state index in [1.54, 1.807) is 6.08 Å². The second-order valence-corrected chi connectivity index (χ2v) is 9.96. The van der Waals surface area contributed by atoms with Gasteiger partial charge in [-0.15, -0.1) is 0 Å². The fraction of sp³-hybridized carbons (Fsp3) is 0.556. The van der Waals surface area contributed by atoms with Gasteiger partial charge in [0.15, 0.2) is 0 Å². The fourth-order valence-electron chi connectivity index (χ4n) is 7.14. The normalized spacial score (nSPS) is 31.6. The van der Waals surface area contributed by atoms with Crippen molar-refractivity contribution in [2.24, 2.45) is 11.3 Å². The van der Waals surface area contributed by atoms with E-state index in [9.17, 15) is 9.59 Å². The Morgan fingerprint density at radius 1 is 1.12 bits per heavy atom. The first-order valence-corrected chi connectivity index (χ1v) is 12.4. The van der Waals surface area contributed by atoms with Crippen molar-refractivity contribution < 1.29 is 23.4 Å². The molecular formula is C27H31NO6. The summed E-state index contributed by atoms with van der Waals surface area (Å²) in [6.45, 7) is 4.48. The zero-order valence-corrected chi connectivity index (χ0v) is 19.6. The molecule has 0 radical (unpaired) electrons. The minimum atomic E-state index is -0.539. The third-order valence-corrected chi connectivity index (χ3v) is 8.59. The van der Waals surface area contributed by atoms with Gasteiger partial charge in [-0.2, -0.15) is 0 Å². The Hall–Kier alpha value is -2.48. The quantitative estimate of drug-likeness (QED) is 0.508. The molecule has 180 valence electrons. The number of rotatable bonds is 3. The molecule has 0 unspecified atom stereocenters. The van der Waals surface area contributed by atoms with E-state index in [0.29, 0.717) is 49.0 Å². The predicted octanol–water partition coefficient (Wildman–Crippen LogP) is 3.35. The van der Waals surface area contributed by atoms with E-state index in [2.05, 4.69) is 4.90 Å². The van der Waals surface area contributed by atoms with Crippen LogP contribution < -0.4 is 5.63 Å². The summed E-state index contributed by atoms with van der Waals surface area (Å²) < 4.78 is 23.1. The molecule has 2 aromatic rings. The Kier molecular flexibility index (Phi) is 5.59. The Labute approximate surface area is 198 Å². The number of benzene rings is 1. The number of para-hydroxylation sites is 1. The maximum Gasteiger partial charge on any atom is 0.343 e. The van der Waals surface area contributed by atoms with Crippen LogP contribution >= 0.6 is 0 Å². The van der Waals surface area contributed by atoms with Gasteiger partial charge in [0.2, 0.25) is 0 Å². The molecule has 0 spiro atoms. The molecule has 7 nitrogen and oxygen atoms in total. The predicted molar refractivity (Wildman–Crippen MR) is 127 cm³/mol. The monoisotopic (exact) mass is 465 g/mol. The van der Waals surface area contributed by atoms with Gasteiger partial charge in [-0.3, -0.25) is 4.90 Å². The highest BCUT2D eigenvalue weighted by Crippen LogP contribution is 2.59. The average Bonchev–Trinajstić information content (AvgIpc) is 3.42. The molecule has 1 aliphatic carbocycles. The molecule has 3 fully saturated rings. The molecule has 0 bridgehead atoms. The van der Waals surface area contributed by atoms with Gasteiger partial charge in [-0.05, 0) is 56.5 Å². The lowest BCUT2D eigenvalue weighted by Gasteiger charge is -2.56. The first-order valence-electron chi connectivity index (χ1n) is 12.4. The number of nitrogens with zero attached hydrogens (tertiary/aromatic N) is 1. The second-order valence-electron chi connectivity index (χ2n) is 9.96. The molecular weight excluding hydrogens is 434 g/mol. The van der Waals surface area contributed by atoms with Crippen molar-refractivity contribution in [2.45, 2.75) is 37.6 Å². The maximum absolute atomic E-state index is 13.4. The van der Waals surface area contributed by atoms with Crippen LogP contribution in [0, 0.1) is 11.3 Å². The summed E-state index contributed by atoms with van der Waals surface area (Å²) in [7, 11) is 1.42. The smallest absolute Gasteiger partial charge is 0.343 e. The van der Waals surface area contributed by atoms with Gasteiger partial charge in [0.25, 0.3) is 0 Å². The SMILES string of the molecule is COC(=O)C1=Cc2c(c3ccccc3oc2=O)[C@H]2COCC[C@@]12[C@@H]1COCC[C@H]1N1CCCC1. The topological polar surface area (TPSA) is 78.2 Å². The van der Waals surface area contributed by atoms with E-state index < -0.39 is 11.0 Å². The molecule has 34 heavy (non-hydrogen) atoms. The molecule has 1 aromatic heterocycles. The van der Waals surface area contributed by atoms with Crippen molar-refractivity contribution in [3.63, 3.8) is 0 Å². The summed E-state index contributed by atoms with van der Waals surface area (Å²) in [5.74, 6) is -0.449.